The fourth-order valence-corrected chi connectivity index (χ4v) is 3.85. The van der Waals surface area contributed by atoms with E-state index in [1.165, 1.54) is 37.4 Å². The second-order valence-corrected chi connectivity index (χ2v) is 6.83. The molecule has 3 rings (SSSR count). The van der Waals surface area contributed by atoms with Crippen LogP contribution >= 0.6 is 11.8 Å². The SMILES string of the molecule is COc1ccc(/C=C2/SC(N3CCCCCC3)=NC2=O)cc1OC. The van der Waals surface area contributed by atoms with E-state index in [2.05, 4.69) is 9.89 Å². The Morgan fingerprint density at radius 1 is 1.08 bits per heavy atom. The topological polar surface area (TPSA) is 51.1 Å². The number of ether oxygens (including phenoxy) is 2. The molecule has 24 heavy (non-hydrogen) atoms. The molecule has 0 unspecified atom stereocenters. The number of benzene rings is 1. The van der Waals surface area contributed by atoms with E-state index in [4.69, 9.17) is 9.47 Å². The molecule has 0 aromatic heterocycles. The third kappa shape index (κ3) is 3.75. The maximum atomic E-state index is 12.2. The van der Waals surface area contributed by atoms with E-state index in [0.29, 0.717) is 16.4 Å². The second-order valence-electron chi connectivity index (χ2n) is 5.83. The van der Waals surface area contributed by atoms with Crippen LogP contribution in [0.2, 0.25) is 0 Å². The van der Waals surface area contributed by atoms with Gasteiger partial charge in [-0.2, -0.15) is 4.99 Å². The highest BCUT2D eigenvalue weighted by Gasteiger charge is 2.26. The summed E-state index contributed by atoms with van der Waals surface area (Å²) in [5, 5.41) is 0.841. The van der Waals surface area contributed by atoms with Crippen molar-refractivity contribution in [2.45, 2.75) is 25.7 Å². The number of hydrogen-bond donors (Lipinski definition) is 0. The van der Waals surface area contributed by atoms with Crippen molar-refractivity contribution < 1.29 is 14.3 Å². The third-order valence-electron chi connectivity index (χ3n) is 4.19. The van der Waals surface area contributed by atoms with Gasteiger partial charge < -0.3 is 14.4 Å². The molecule has 0 aliphatic carbocycles. The molecule has 1 fully saturated rings. The number of amidine groups is 1. The molecule has 0 saturated carbocycles. The number of carbonyl (C=O) groups excluding carboxylic acids is 1. The summed E-state index contributed by atoms with van der Waals surface area (Å²) in [5.41, 5.74) is 0.899. The van der Waals surface area contributed by atoms with E-state index in [9.17, 15) is 4.79 Å². The first-order valence-electron chi connectivity index (χ1n) is 8.21. The molecule has 1 saturated heterocycles. The predicted octanol–water partition coefficient (Wildman–Crippen LogP) is 3.55. The van der Waals surface area contributed by atoms with Crippen molar-refractivity contribution in [1.29, 1.82) is 0 Å². The van der Waals surface area contributed by atoms with Crippen LogP contribution in [0.4, 0.5) is 0 Å². The van der Waals surface area contributed by atoms with Crippen molar-refractivity contribution in [1.82, 2.24) is 4.90 Å². The quantitative estimate of drug-likeness (QED) is 0.784. The molecule has 128 valence electrons. The highest BCUT2D eigenvalue weighted by Crippen LogP contribution is 2.33. The average molecular weight is 346 g/mol. The van der Waals surface area contributed by atoms with Crippen molar-refractivity contribution >= 4 is 28.9 Å². The Morgan fingerprint density at radius 3 is 2.46 bits per heavy atom. The molecule has 0 bridgehead atoms. The number of carbonyl (C=O) groups is 1. The smallest absolute Gasteiger partial charge is 0.286 e. The number of nitrogens with zero attached hydrogens (tertiary/aromatic N) is 2. The van der Waals surface area contributed by atoms with E-state index < -0.39 is 0 Å². The second kappa shape index (κ2) is 7.75. The summed E-state index contributed by atoms with van der Waals surface area (Å²) < 4.78 is 10.6. The van der Waals surface area contributed by atoms with Crippen LogP contribution in [-0.4, -0.2) is 43.3 Å². The Kier molecular flexibility index (Phi) is 5.45. The van der Waals surface area contributed by atoms with Gasteiger partial charge in [-0.05, 0) is 48.4 Å². The molecule has 0 N–H and O–H groups in total. The van der Waals surface area contributed by atoms with Gasteiger partial charge in [0, 0.05) is 13.1 Å². The molecule has 1 amide bonds. The van der Waals surface area contributed by atoms with Crippen molar-refractivity contribution in [3.8, 4) is 11.5 Å². The monoisotopic (exact) mass is 346 g/mol. The number of hydrogen-bond acceptors (Lipinski definition) is 5. The van der Waals surface area contributed by atoms with Crippen LogP contribution < -0.4 is 9.47 Å². The fourth-order valence-electron chi connectivity index (χ4n) is 2.89. The summed E-state index contributed by atoms with van der Waals surface area (Å²) >= 11 is 1.47. The fraction of sp³-hybridized carbons (Fsp3) is 0.444. The maximum absolute atomic E-state index is 12.2. The Hall–Kier alpha value is -1.95. The lowest BCUT2D eigenvalue weighted by atomic mass is 10.2. The van der Waals surface area contributed by atoms with Gasteiger partial charge in [-0.25, -0.2) is 0 Å². The van der Waals surface area contributed by atoms with E-state index in [1.54, 1.807) is 14.2 Å². The Morgan fingerprint density at radius 2 is 1.79 bits per heavy atom. The van der Waals surface area contributed by atoms with Crippen molar-refractivity contribution in [2.24, 2.45) is 4.99 Å². The third-order valence-corrected chi connectivity index (χ3v) is 5.24. The van der Waals surface area contributed by atoms with E-state index >= 15 is 0 Å². The average Bonchev–Trinajstić information content (AvgIpc) is 2.81. The number of aliphatic imine (C=N–C) groups is 1. The van der Waals surface area contributed by atoms with Crippen LogP contribution in [-0.2, 0) is 4.79 Å². The molecular weight excluding hydrogens is 324 g/mol. The summed E-state index contributed by atoms with van der Waals surface area (Å²) in [5.74, 6) is 1.16. The molecule has 2 aliphatic rings. The van der Waals surface area contributed by atoms with Gasteiger partial charge in [0.2, 0.25) is 0 Å². The molecular formula is C18H22N2O3S. The lowest BCUT2D eigenvalue weighted by Gasteiger charge is -2.20. The van der Waals surface area contributed by atoms with Gasteiger partial charge in [0.1, 0.15) is 0 Å². The molecule has 1 aromatic carbocycles. The summed E-state index contributed by atoms with van der Waals surface area (Å²) in [6.07, 6.45) is 6.72. The first kappa shape index (κ1) is 16.9. The van der Waals surface area contributed by atoms with E-state index in [-0.39, 0.29) is 5.91 Å². The van der Waals surface area contributed by atoms with E-state index in [1.807, 2.05) is 24.3 Å². The predicted molar refractivity (Wildman–Crippen MR) is 97.6 cm³/mol. The van der Waals surface area contributed by atoms with Crippen LogP contribution in [0.15, 0.2) is 28.1 Å². The Balaban J connectivity index is 1.76. The molecule has 0 spiro atoms. The van der Waals surface area contributed by atoms with Crippen LogP contribution in [0, 0.1) is 0 Å². The molecule has 0 atom stereocenters. The van der Waals surface area contributed by atoms with Crippen molar-refractivity contribution in [3.05, 3.63) is 28.7 Å². The molecule has 6 heteroatoms. The molecule has 5 nitrogen and oxygen atoms in total. The van der Waals surface area contributed by atoms with Gasteiger partial charge in [-0.15, -0.1) is 0 Å². The number of likely N-dealkylation sites (tertiary alicyclic amines) is 1. The minimum absolute atomic E-state index is 0.158. The summed E-state index contributed by atoms with van der Waals surface area (Å²) in [6.45, 7) is 1.98. The highest BCUT2D eigenvalue weighted by atomic mass is 32.2. The van der Waals surface area contributed by atoms with E-state index in [0.717, 1.165) is 23.8 Å². The molecule has 2 heterocycles. The van der Waals surface area contributed by atoms with Gasteiger partial charge in [0.15, 0.2) is 16.7 Å². The first-order valence-corrected chi connectivity index (χ1v) is 9.02. The zero-order valence-corrected chi connectivity index (χ0v) is 14.9. The van der Waals surface area contributed by atoms with Crippen molar-refractivity contribution in [2.75, 3.05) is 27.3 Å². The maximum Gasteiger partial charge on any atom is 0.286 e. The minimum Gasteiger partial charge on any atom is -0.493 e. The summed E-state index contributed by atoms with van der Waals surface area (Å²) in [6, 6.07) is 5.61. The highest BCUT2D eigenvalue weighted by molar-refractivity contribution is 8.18. The van der Waals surface area contributed by atoms with Crippen LogP contribution in [0.3, 0.4) is 0 Å². The van der Waals surface area contributed by atoms with Crippen LogP contribution in [0.25, 0.3) is 6.08 Å². The Bertz CT molecular complexity index is 677. The molecule has 1 aromatic rings. The minimum atomic E-state index is -0.158. The Labute approximate surface area is 146 Å². The van der Waals surface area contributed by atoms with Gasteiger partial charge in [-0.1, -0.05) is 18.9 Å². The summed E-state index contributed by atoms with van der Waals surface area (Å²) in [4.78, 5) is 19.4. The van der Waals surface area contributed by atoms with Gasteiger partial charge >= 0.3 is 0 Å². The summed E-state index contributed by atoms with van der Waals surface area (Å²) in [7, 11) is 3.21. The van der Waals surface area contributed by atoms with Gasteiger partial charge in [-0.3, -0.25) is 4.79 Å². The standard InChI is InChI=1S/C18H22N2O3S/c1-22-14-8-7-13(11-15(14)23-2)12-16-17(21)19-18(24-16)20-9-5-3-4-6-10-20/h7-8,11-12H,3-6,9-10H2,1-2H3/b16-12+. The zero-order valence-electron chi connectivity index (χ0n) is 14.1. The van der Waals surface area contributed by atoms with Gasteiger partial charge in [0.25, 0.3) is 5.91 Å². The number of methoxy groups -OCH3 is 2. The van der Waals surface area contributed by atoms with Crippen LogP contribution in [0.5, 0.6) is 11.5 Å². The molecule has 0 radical (unpaired) electrons. The lowest BCUT2D eigenvalue weighted by Crippen LogP contribution is -2.28. The number of thioether (sulfide) groups is 1. The number of rotatable bonds is 3. The zero-order chi connectivity index (χ0) is 16.9. The van der Waals surface area contributed by atoms with Crippen LogP contribution in [0.1, 0.15) is 31.2 Å². The van der Waals surface area contributed by atoms with Crippen molar-refractivity contribution in [3.63, 3.8) is 0 Å². The largest absolute Gasteiger partial charge is 0.493 e. The lowest BCUT2D eigenvalue weighted by molar-refractivity contribution is -0.113. The molecule has 2 aliphatic heterocycles. The normalized spacial score (nSPS) is 20.1. The van der Waals surface area contributed by atoms with Gasteiger partial charge in [0.05, 0.1) is 19.1 Å². The number of amides is 1. The first-order chi connectivity index (χ1) is 11.7.